The van der Waals surface area contributed by atoms with Gasteiger partial charge in [-0.2, -0.15) is 0 Å². The van der Waals surface area contributed by atoms with Gasteiger partial charge in [0.1, 0.15) is 4.99 Å². The fourth-order valence-electron chi connectivity index (χ4n) is 1.63. The number of hydrazine groups is 1. The van der Waals surface area contributed by atoms with Gasteiger partial charge >= 0.3 is 0 Å². The fourth-order valence-corrected chi connectivity index (χ4v) is 1.81. The van der Waals surface area contributed by atoms with Crippen LogP contribution in [0, 0.1) is 0 Å². The highest BCUT2D eigenvalue weighted by Crippen LogP contribution is 2.23. The molecule has 0 radical (unpaired) electrons. The van der Waals surface area contributed by atoms with Gasteiger partial charge in [0.25, 0.3) is 0 Å². The molecule has 0 heterocycles. The lowest BCUT2D eigenvalue weighted by Crippen LogP contribution is -2.29. The smallest absolute Gasteiger partial charge is 0.121 e. The Morgan fingerprint density at radius 2 is 1.56 bits per heavy atom. The summed E-state index contributed by atoms with van der Waals surface area (Å²) in [7, 11) is 0. The molecular weight excluding hydrogens is 216 g/mol. The molecule has 3 heteroatoms. The van der Waals surface area contributed by atoms with Gasteiger partial charge < -0.3 is 5.43 Å². The first-order valence-corrected chi connectivity index (χ1v) is 5.39. The maximum absolute atomic E-state index is 5.36. The van der Waals surface area contributed by atoms with E-state index < -0.39 is 0 Å². The van der Waals surface area contributed by atoms with E-state index in [1.165, 1.54) is 0 Å². The van der Waals surface area contributed by atoms with Crippen molar-refractivity contribution in [3.05, 3.63) is 60.2 Å². The number of nitrogens with two attached hydrogens (primary N) is 1. The molecule has 0 aromatic heterocycles. The first-order chi connectivity index (χ1) is 7.83. The third kappa shape index (κ3) is 2.10. The molecule has 2 aromatic carbocycles. The molecule has 0 aliphatic rings. The van der Waals surface area contributed by atoms with Crippen LogP contribution >= 0.6 is 12.2 Å². The molecule has 0 saturated heterocycles. The van der Waals surface area contributed by atoms with Crippen LogP contribution in [0.2, 0.25) is 0 Å². The number of hydrogen-bond donors (Lipinski definition) is 2. The summed E-state index contributed by atoms with van der Waals surface area (Å²) in [5.41, 5.74) is 5.70. The van der Waals surface area contributed by atoms with Crippen molar-refractivity contribution in [3.8, 4) is 11.1 Å². The Balaban J connectivity index is 2.53. The Hall–Kier alpha value is -1.71. The van der Waals surface area contributed by atoms with Crippen molar-refractivity contribution in [1.29, 1.82) is 0 Å². The van der Waals surface area contributed by atoms with Gasteiger partial charge in [0.15, 0.2) is 0 Å². The average molecular weight is 228 g/mol. The van der Waals surface area contributed by atoms with Gasteiger partial charge in [-0.15, -0.1) is 0 Å². The van der Waals surface area contributed by atoms with Crippen molar-refractivity contribution < 1.29 is 0 Å². The molecule has 0 unspecified atom stereocenters. The summed E-state index contributed by atoms with van der Waals surface area (Å²) in [6.07, 6.45) is 0. The molecule has 0 aliphatic carbocycles. The number of benzene rings is 2. The van der Waals surface area contributed by atoms with Gasteiger partial charge in [-0.25, -0.2) is 5.84 Å². The van der Waals surface area contributed by atoms with Crippen LogP contribution in [-0.4, -0.2) is 4.99 Å². The molecule has 16 heavy (non-hydrogen) atoms. The Bertz CT molecular complexity index is 494. The molecule has 0 atom stereocenters. The van der Waals surface area contributed by atoms with Crippen LogP contribution in [0.5, 0.6) is 0 Å². The topological polar surface area (TPSA) is 38.0 Å². The van der Waals surface area contributed by atoms with Gasteiger partial charge in [0, 0.05) is 5.56 Å². The van der Waals surface area contributed by atoms with Crippen LogP contribution < -0.4 is 11.3 Å². The van der Waals surface area contributed by atoms with Crippen LogP contribution in [0.15, 0.2) is 54.6 Å². The standard InChI is InChI=1S/C13H12N2S/c14-15-13(16)12-9-5-4-8-11(12)10-6-2-1-3-7-10/h1-9H,14H2,(H,15,16). The van der Waals surface area contributed by atoms with Gasteiger partial charge in [-0.3, -0.25) is 0 Å². The van der Waals surface area contributed by atoms with E-state index in [4.69, 9.17) is 18.1 Å². The van der Waals surface area contributed by atoms with E-state index in [0.717, 1.165) is 16.7 Å². The first kappa shape index (κ1) is 10.8. The second kappa shape index (κ2) is 4.88. The molecule has 80 valence electrons. The SMILES string of the molecule is NNC(=S)c1ccccc1-c1ccccc1. The molecule has 0 spiro atoms. The van der Waals surface area contributed by atoms with E-state index in [2.05, 4.69) is 17.6 Å². The lowest BCUT2D eigenvalue weighted by Gasteiger charge is -2.09. The van der Waals surface area contributed by atoms with Gasteiger partial charge in [-0.1, -0.05) is 66.8 Å². The predicted molar refractivity (Wildman–Crippen MR) is 70.9 cm³/mol. The molecule has 0 saturated carbocycles. The molecular formula is C13H12N2S. The summed E-state index contributed by atoms with van der Waals surface area (Å²) < 4.78 is 0. The summed E-state index contributed by atoms with van der Waals surface area (Å²) >= 11 is 5.17. The second-order valence-electron chi connectivity index (χ2n) is 3.39. The van der Waals surface area contributed by atoms with Crippen molar-refractivity contribution >= 4 is 17.2 Å². The summed E-state index contributed by atoms with van der Waals surface area (Å²) in [6, 6.07) is 18.0. The number of rotatable bonds is 2. The molecule has 0 aliphatic heterocycles. The highest BCUT2D eigenvalue weighted by Gasteiger charge is 2.06. The third-order valence-electron chi connectivity index (χ3n) is 2.39. The lowest BCUT2D eigenvalue weighted by atomic mass is 10.00. The van der Waals surface area contributed by atoms with Crippen molar-refractivity contribution in [2.75, 3.05) is 0 Å². The Morgan fingerprint density at radius 3 is 2.25 bits per heavy atom. The van der Waals surface area contributed by atoms with Crippen LogP contribution in [-0.2, 0) is 0 Å². The largest absolute Gasteiger partial charge is 0.314 e. The lowest BCUT2D eigenvalue weighted by molar-refractivity contribution is 1.05. The van der Waals surface area contributed by atoms with E-state index >= 15 is 0 Å². The van der Waals surface area contributed by atoms with E-state index in [-0.39, 0.29) is 0 Å². The minimum absolute atomic E-state index is 0.555. The highest BCUT2D eigenvalue weighted by molar-refractivity contribution is 7.80. The molecule has 0 fully saturated rings. The van der Waals surface area contributed by atoms with Crippen LogP contribution in [0.1, 0.15) is 5.56 Å². The summed E-state index contributed by atoms with van der Waals surface area (Å²) in [4.78, 5) is 0.555. The van der Waals surface area contributed by atoms with Crippen LogP contribution in [0.25, 0.3) is 11.1 Å². The maximum atomic E-state index is 5.36. The summed E-state index contributed by atoms with van der Waals surface area (Å²) in [5, 5.41) is 0. The van der Waals surface area contributed by atoms with Crippen molar-refractivity contribution in [3.63, 3.8) is 0 Å². The zero-order chi connectivity index (χ0) is 11.4. The van der Waals surface area contributed by atoms with Gasteiger partial charge in [0.05, 0.1) is 0 Å². The fraction of sp³-hybridized carbons (Fsp3) is 0. The quantitative estimate of drug-likeness (QED) is 0.471. The Morgan fingerprint density at radius 1 is 0.938 bits per heavy atom. The van der Waals surface area contributed by atoms with Crippen molar-refractivity contribution in [2.45, 2.75) is 0 Å². The van der Waals surface area contributed by atoms with Crippen LogP contribution in [0.3, 0.4) is 0 Å². The van der Waals surface area contributed by atoms with E-state index in [9.17, 15) is 0 Å². The van der Waals surface area contributed by atoms with Crippen molar-refractivity contribution in [1.82, 2.24) is 5.43 Å². The van der Waals surface area contributed by atoms with Crippen LogP contribution in [0.4, 0.5) is 0 Å². The molecule has 3 N–H and O–H groups in total. The molecule has 0 amide bonds. The number of thiocarbonyl (C=S) groups is 1. The summed E-state index contributed by atoms with van der Waals surface area (Å²) in [6.45, 7) is 0. The minimum Gasteiger partial charge on any atom is -0.314 e. The van der Waals surface area contributed by atoms with E-state index in [1.807, 2.05) is 42.5 Å². The van der Waals surface area contributed by atoms with Gasteiger partial charge in [0.2, 0.25) is 0 Å². The van der Waals surface area contributed by atoms with E-state index in [1.54, 1.807) is 0 Å². The molecule has 2 rings (SSSR count). The normalized spacial score (nSPS) is 9.81. The minimum atomic E-state index is 0.555. The predicted octanol–water partition coefficient (Wildman–Crippen LogP) is 2.49. The zero-order valence-electron chi connectivity index (χ0n) is 8.68. The van der Waals surface area contributed by atoms with Crippen molar-refractivity contribution in [2.24, 2.45) is 5.84 Å². The number of hydrogen-bond acceptors (Lipinski definition) is 2. The highest BCUT2D eigenvalue weighted by atomic mass is 32.1. The second-order valence-corrected chi connectivity index (χ2v) is 3.79. The summed E-state index contributed by atoms with van der Waals surface area (Å²) in [5.74, 6) is 5.36. The Kier molecular flexibility index (Phi) is 3.29. The molecule has 2 nitrogen and oxygen atoms in total. The zero-order valence-corrected chi connectivity index (χ0v) is 9.50. The average Bonchev–Trinajstić information content (AvgIpc) is 2.39. The monoisotopic (exact) mass is 228 g/mol. The first-order valence-electron chi connectivity index (χ1n) is 4.98. The van der Waals surface area contributed by atoms with E-state index in [0.29, 0.717) is 4.99 Å². The van der Waals surface area contributed by atoms with Gasteiger partial charge in [-0.05, 0) is 11.1 Å². The number of nitrogens with one attached hydrogen (secondary N) is 1. The maximum Gasteiger partial charge on any atom is 0.121 e. The molecule has 2 aromatic rings. The third-order valence-corrected chi connectivity index (χ3v) is 2.73. The Labute approximate surface area is 100 Å². The molecule has 0 bridgehead atoms.